The zero-order valence-electron chi connectivity index (χ0n) is 6.21. The molecule has 0 heterocycles. The van der Waals surface area contributed by atoms with Gasteiger partial charge < -0.3 is 5.11 Å². The maximum Gasteiger partial charge on any atom is 0.0678 e. The Morgan fingerprint density at radius 2 is 1.60 bits per heavy atom. The molecule has 3 fully saturated rings. The second kappa shape index (κ2) is 1.42. The van der Waals surface area contributed by atoms with Gasteiger partial charge in [-0.05, 0) is 49.9 Å². The van der Waals surface area contributed by atoms with Crippen LogP contribution in [0, 0.1) is 17.8 Å². The molecule has 0 bridgehead atoms. The lowest BCUT2D eigenvalue weighted by Gasteiger charge is -2.17. The Hall–Kier alpha value is -0.0400. The standard InChI is InChI=1S/C9H14O/c10-9(1-2-9)8-4-6-3-7(6)5-8/h6-8,10H,1-5H2. The molecule has 1 nitrogen and oxygen atoms in total. The predicted molar refractivity (Wildman–Crippen MR) is 38.5 cm³/mol. The first kappa shape index (κ1) is 5.59. The third-order valence-electron chi connectivity index (χ3n) is 3.77. The van der Waals surface area contributed by atoms with E-state index in [0.29, 0.717) is 5.92 Å². The smallest absolute Gasteiger partial charge is 0.0678 e. The lowest BCUT2D eigenvalue weighted by atomic mass is 9.95. The van der Waals surface area contributed by atoms with Crippen LogP contribution in [-0.2, 0) is 0 Å². The van der Waals surface area contributed by atoms with Crippen molar-refractivity contribution in [1.82, 2.24) is 0 Å². The first-order valence-electron chi connectivity index (χ1n) is 4.50. The second-order valence-electron chi connectivity index (χ2n) is 4.53. The van der Waals surface area contributed by atoms with Gasteiger partial charge in [-0.2, -0.15) is 0 Å². The summed E-state index contributed by atoms with van der Waals surface area (Å²) in [6, 6.07) is 0. The van der Waals surface area contributed by atoms with Crippen LogP contribution in [0.4, 0.5) is 0 Å². The molecule has 3 aliphatic rings. The second-order valence-corrected chi connectivity index (χ2v) is 4.53. The van der Waals surface area contributed by atoms with Gasteiger partial charge >= 0.3 is 0 Å². The van der Waals surface area contributed by atoms with Crippen LogP contribution in [0.25, 0.3) is 0 Å². The van der Waals surface area contributed by atoms with Crippen molar-refractivity contribution in [2.45, 2.75) is 37.7 Å². The molecule has 2 unspecified atom stereocenters. The molecular weight excluding hydrogens is 124 g/mol. The Kier molecular flexibility index (Phi) is 0.797. The Morgan fingerprint density at radius 1 is 1.00 bits per heavy atom. The molecule has 56 valence electrons. The van der Waals surface area contributed by atoms with Crippen molar-refractivity contribution in [3.05, 3.63) is 0 Å². The molecule has 0 radical (unpaired) electrons. The van der Waals surface area contributed by atoms with Gasteiger partial charge in [0.2, 0.25) is 0 Å². The van der Waals surface area contributed by atoms with Crippen molar-refractivity contribution >= 4 is 0 Å². The third-order valence-corrected chi connectivity index (χ3v) is 3.77. The third kappa shape index (κ3) is 0.619. The summed E-state index contributed by atoms with van der Waals surface area (Å²) in [4.78, 5) is 0. The average Bonchev–Trinajstić information content (AvgIpc) is 2.79. The molecule has 3 aliphatic carbocycles. The summed E-state index contributed by atoms with van der Waals surface area (Å²) in [5.74, 6) is 2.78. The molecule has 0 aromatic rings. The van der Waals surface area contributed by atoms with Crippen LogP contribution in [0.1, 0.15) is 32.1 Å². The Labute approximate surface area is 61.4 Å². The van der Waals surface area contributed by atoms with Gasteiger partial charge in [-0.3, -0.25) is 0 Å². The minimum Gasteiger partial charge on any atom is -0.390 e. The summed E-state index contributed by atoms with van der Waals surface area (Å²) in [7, 11) is 0. The lowest BCUT2D eigenvalue weighted by Crippen LogP contribution is -2.20. The predicted octanol–water partition coefficient (Wildman–Crippen LogP) is 1.56. The van der Waals surface area contributed by atoms with E-state index >= 15 is 0 Å². The lowest BCUT2D eigenvalue weighted by molar-refractivity contribution is 0.0785. The molecule has 1 N–H and O–H groups in total. The summed E-state index contributed by atoms with van der Waals surface area (Å²) in [5, 5.41) is 9.77. The van der Waals surface area contributed by atoms with Gasteiger partial charge in [-0.15, -0.1) is 0 Å². The number of fused-ring (bicyclic) bond motifs is 1. The summed E-state index contributed by atoms with van der Waals surface area (Å²) >= 11 is 0. The quantitative estimate of drug-likeness (QED) is 0.583. The summed E-state index contributed by atoms with van der Waals surface area (Å²) in [5.41, 5.74) is -0.159. The normalized spacial score (nSPS) is 54.3. The van der Waals surface area contributed by atoms with E-state index in [4.69, 9.17) is 0 Å². The fourth-order valence-corrected chi connectivity index (χ4v) is 2.69. The molecule has 0 aliphatic heterocycles. The van der Waals surface area contributed by atoms with Crippen molar-refractivity contribution < 1.29 is 5.11 Å². The Morgan fingerprint density at radius 3 is 2.10 bits per heavy atom. The molecule has 3 rings (SSSR count). The zero-order valence-corrected chi connectivity index (χ0v) is 6.21. The van der Waals surface area contributed by atoms with Crippen LogP contribution in [0.2, 0.25) is 0 Å². The molecule has 2 atom stereocenters. The van der Waals surface area contributed by atoms with Crippen LogP contribution in [0.5, 0.6) is 0 Å². The van der Waals surface area contributed by atoms with E-state index in [1.165, 1.54) is 19.3 Å². The van der Waals surface area contributed by atoms with E-state index in [1.54, 1.807) is 0 Å². The highest BCUT2D eigenvalue weighted by atomic mass is 16.3. The SMILES string of the molecule is OC1(C2CC3CC3C2)CC1. The van der Waals surface area contributed by atoms with E-state index in [2.05, 4.69) is 0 Å². The average molecular weight is 138 g/mol. The number of rotatable bonds is 1. The molecule has 0 aromatic carbocycles. The molecule has 10 heavy (non-hydrogen) atoms. The highest BCUT2D eigenvalue weighted by Crippen LogP contribution is 2.61. The van der Waals surface area contributed by atoms with Crippen molar-refractivity contribution in [2.24, 2.45) is 17.8 Å². The van der Waals surface area contributed by atoms with Crippen LogP contribution >= 0.6 is 0 Å². The van der Waals surface area contributed by atoms with E-state index in [-0.39, 0.29) is 5.60 Å². The number of aliphatic hydroxyl groups is 1. The van der Waals surface area contributed by atoms with Crippen LogP contribution in [0.15, 0.2) is 0 Å². The maximum absolute atomic E-state index is 9.77. The number of hydrogen-bond donors (Lipinski definition) is 1. The molecule has 1 heteroatoms. The van der Waals surface area contributed by atoms with Gasteiger partial charge in [0.1, 0.15) is 0 Å². The van der Waals surface area contributed by atoms with E-state index in [9.17, 15) is 5.11 Å². The van der Waals surface area contributed by atoms with Crippen molar-refractivity contribution in [2.75, 3.05) is 0 Å². The Balaban J connectivity index is 1.73. The van der Waals surface area contributed by atoms with Crippen molar-refractivity contribution in [1.29, 1.82) is 0 Å². The minimum absolute atomic E-state index is 0.159. The maximum atomic E-state index is 9.77. The highest BCUT2D eigenvalue weighted by Gasteiger charge is 2.56. The molecule has 0 spiro atoms. The van der Waals surface area contributed by atoms with Crippen LogP contribution in [-0.4, -0.2) is 10.7 Å². The summed E-state index contributed by atoms with van der Waals surface area (Å²) in [6.07, 6.45) is 6.36. The first-order chi connectivity index (χ1) is 4.78. The van der Waals surface area contributed by atoms with Gasteiger partial charge in [-0.1, -0.05) is 0 Å². The van der Waals surface area contributed by atoms with Gasteiger partial charge in [0.25, 0.3) is 0 Å². The van der Waals surface area contributed by atoms with E-state index in [1.807, 2.05) is 0 Å². The van der Waals surface area contributed by atoms with Crippen LogP contribution < -0.4 is 0 Å². The van der Waals surface area contributed by atoms with Crippen LogP contribution in [0.3, 0.4) is 0 Å². The van der Waals surface area contributed by atoms with Crippen molar-refractivity contribution in [3.63, 3.8) is 0 Å². The molecule has 0 aromatic heterocycles. The molecule has 0 amide bonds. The van der Waals surface area contributed by atoms with Crippen molar-refractivity contribution in [3.8, 4) is 0 Å². The largest absolute Gasteiger partial charge is 0.390 e. The minimum atomic E-state index is -0.159. The topological polar surface area (TPSA) is 20.2 Å². The first-order valence-corrected chi connectivity index (χ1v) is 4.50. The van der Waals surface area contributed by atoms with E-state index in [0.717, 1.165) is 24.7 Å². The van der Waals surface area contributed by atoms with Gasteiger partial charge in [0, 0.05) is 0 Å². The summed E-state index contributed by atoms with van der Waals surface area (Å²) in [6.45, 7) is 0. The monoisotopic (exact) mass is 138 g/mol. The fraction of sp³-hybridized carbons (Fsp3) is 1.00. The molecule has 0 saturated heterocycles. The van der Waals surface area contributed by atoms with Gasteiger partial charge in [-0.25, -0.2) is 0 Å². The molecular formula is C9H14O. The fourth-order valence-electron chi connectivity index (χ4n) is 2.69. The number of hydrogen-bond acceptors (Lipinski definition) is 1. The highest BCUT2D eigenvalue weighted by molar-refractivity contribution is 5.08. The summed E-state index contributed by atoms with van der Waals surface area (Å²) < 4.78 is 0. The van der Waals surface area contributed by atoms with Gasteiger partial charge in [0.15, 0.2) is 0 Å². The molecule has 3 saturated carbocycles. The van der Waals surface area contributed by atoms with Gasteiger partial charge in [0.05, 0.1) is 5.60 Å². The zero-order chi connectivity index (χ0) is 6.77. The van der Waals surface area contributed by atoms with E-state index < -0.39 is 0 Å². The Bertz CT molecular complexity index is 162.